The lowest BCUT2D eigenvalue weighted by molar-refractivity contribution is 0.122. The SMILES string of the molecule is Cn1cc(-c2cnc(N[C@@H]3CCC[C@H](n4cnc5cc(C#N)cnc54)C3)nc2-c2cnn(CC(F)F)c2)cn1. The van der Waals surface area contributed by atoms with Crippen LogP contribution in [0.5, 0.6) is 0 Å². The van der Waals surface area contributed by atoms with Crippen molar-refractivity contribution in [1.29, 1.82) is 5.26 Å². The largest absolute Gasteiger partial charge is 0.351 e. The van der Waals surface area contributed by atoms with E-state index in [2.05, 4.69) is 41.1 Å². The lowest BCUT2D eigenvalue weighted by atomic mass is 9.91. The van der Waals surface area contributed by atoms with Crippen LogP contribution in [0.1, 0.15) is 37.3 Å². The van der Waals surface area contributed by atoms with E-state index in [4.69, 9.17) is 10.2 Å². The van der Waals surface area contributed by atoms with Crippen molar-refractivity contribution in [3.05, 3.63) is 55.1 Å². The molecule has 13 heteroatoms. The van der Waals surface area contributed by atoms with Gasteiger partial charge in [-0.05, 0) is 31.7 Å². The molecule has 0 amide bonds. The molecule has 1 aliphatic carbocycles. The number of halogens is 2. The topological polar surface area (TPSA) is 128 Å². The van der Waals surface area contributed by atoms with Crippen LogP contribution in [0.25, 0.3) is 33.5 Å². The number of hydrogen-bond acceptors (Lipinski definition) is 8. The molecule has 6 rings (SSSR count). The van der Waals surface area contributed by atoms with Crippen molar-refractivity contribution in [1.82, 2.24) is 44.1 Å². The van der Waals surface area contributed by atoms with Gasteiger partial charge in [0, 0.05) is 60.6 Å². The summed E-state index contributed by atoms with van der Waals surface area (Å²) >= 11 is 0. The van der Waals surface area contributed by atoms with Gasteiger partial charge in [-0.2, -0.15) is 15.5 Å². The minimum atomic E-state index is -2.51. The van der Waals surface area contributed by atoms with E-state index in [-0.39, 0.29) is 12.1 Å². The maximum absolute atomic E-state index is 12.9. The summed E-state index contributed by atoms with van der Waals surface area (Å²) in [5, 5.41) is 21.0. The molecule has 0 bridgehead atoms. The van der Waals surface area contributed by atoms with Crippen LogP contribution in [-0.2, 0) is 13.6 Å². The molecule has 5 aromatic heterocycles. The van der Waals surface area contributed by atoms with Gasteiger partial charge in [-0.25, -0.2) is 28.7 Å². The number of alkyl halides is 2. The van der Waals surface area contributed by atoms with Crippen LogP contribution in [0.2, 0.25) is 0 Å². The van der Waals surface area contributed by atoms with E-state index < -0.39 is 13.0 Å². The first-order valence-electron chi connectivity index (χ1n) is 12.6. The van der Waals surface area contributed by atoms with Gasteiger partial charge >= 0.3 is 0 Å². The second-order valence-corrected chi connectivity index (χ2v) is 9.69. The molecule has 39 heavy (non-hydrogen) atoms. The number of nitrogens with one attached hydrogen (secondary N) is 1. The number of rotatable bonds is 7. The van der Waals surface area contributed by atoms with Crippen LogP contribution in [0.3, 0.4) is 0 Å². The highest BCUT2D eigenvalue weighted by Gasteiger charge is 2.26. The third-order valence-electron chi connectivity index (χ3n) is 6.95. The van der Waals surface area contributed by atoms with E-state index in [1.165, 1.54) is 4.68 Å². The average Bonchev–Trinajstić information content (AvgIpc) is 3.68. The molecule has 5 aromatic rings. The molecule has 0 unspecified atom stereocenters. The summed E-state index contributed by atoms with van der Waals surface area (Å²) in [6.07, 6.45) is 13.0. The monoisotopic (exact) mass is 529 g/mol. The smallest absolute Gasteiger partial charge is 0.257 e. The third kappa shape index (κ3) is 5.05. The Morgan fingerprint density at radius 1 is 1.08 bits per heavy atom. The minimum absolute atomic E-state index is 0.109. The fourth-order valence-electron chi connectivity index (χ4n) is 5.15. The van der Waals surface area contributed by atoms with Gasteiger partial charge in [0.2, 0.25) is 5.95 Å². The van der Waals surface area contributed by atoms with E-state index in [0.29, 0.717) is 28.3 Å². The first-order chi connectivity index (χ1) is 19.0. The quantitative estimate of drug-likeness (QED) is 0.332. The molecule has 198 valence electrons. The molecule has 5 heterocycles. The molecule has 2 atom stereocenters. The van der Waals surface area contributed by atoms with Crippen molar-refractivity contribution in [3.63, 3.8) is 0 Å². The third-order valence-corrected chi connectivity index (χ3v) is 6.95. The Balaban J connectivity index is 1.27. The van der Waals surface area contributed by atoms with Gasteiger partial charge in [0.25, 0.3) is 6.43 Å². The second-order valence-electron chi connectivity index (χ2n) is 9.69. The van der Waals surface area contributed by atoms with Crippen LogP contribution in [-0.4, -0.2) is 56.5 Å². The molecule has 1 fully saturated rings. The van der Waals surface area contributed by atoms with Gasteiger partial charge in [0.15, 0.2) is 5.65 Å². The Labute approximate surface area is 222 Å². The summed E-state index contributed by atoms with van der Waals surface area (Å²) in [6.45, 7) is -0.489. The number of aromatic nitrogens is 9. The normalized spacial score (nSPS) is 17.5. The number of fused-ring (bicyclic) bond motifs is 1. The standard InChI is InChI=1S/C26H25F2N11/c1-37-12-17(9-33-37)21-11-31-26(36-24(21)18-10-34-38(13-18)14-23(27)28)35-19-3-2-4-20(6-19)39-15-32-22-5-16(7-29)8-30-25(22)39/h5,8-13,15,19-20,23H,2-4,6,14H2,1H3,(H,31,35,36)/t19-,20+/m1/s1. The van der Waals surface area contributed by atoms with Crippen molar-refractivity contribution in [2.45, 2.75) is 50.7 Å². The number of aryl methyl sites for hydroxylation is 1. The predicted octanol–water partition coefficient (Wildman–Crippen LogP) is 4.22. The van der Waals surface area contributed by atoms with Gasteiger partial charge in [-0.1, -0.05) is 0 Å². The van der Waals surface area contributed by atoms with Crippen LogP contribution in [0, 0.1) is 11.3 Å². The fraction of sp³-hybridized carbons (Fsp3) is 0.346. The predicted molar refractivity (Wildman–Crippen MR) is 139 cm³/mol. The molecule has 1 aliphatic rings. The molecule has 0 aliphatic heterocycles. The highest BCUT2D eigenvalue weighted by molar-refractivity contribution is 5.79. The maximum Gasteiger partial charge on any atom is 0.257 e. The van der Waals surface area contributed by atoms with Crippen LogP contribution in [0.15, 0.2) is 49.6 Å². The second kappa shape index (κ2) is 10.2. The first kappa shape index (κ1) is 24.6. The fourth-order valence-corrected chi connectivity index (χ4v) is 5.15. The Bertz CT molecular complexity index is 1660. The molecule has 0 saturated heterocycles. The Morgan fingerprint density at radius 2 is 1.95 bits per heavy atom. The van der Waals surface area contributed by atoms with Crippen molar-refractivity contribution in [2.75, 3.05) is 5.32 Å². The number of hydrogen-bond donors (Lipinski definition) is 1. The maximum atomic E-state index is 12.9. The number of imidazole rings is 1. The summed E-state index contributed by atoms with van der Waals surface area (Å²) in [5.41, 5.74) is 4.71. The summed E-state index contributed by atoms with van der Waals surface area (Å²) < 4.78 is 30.8. The Morgan fingerprint density at radius 3 is 2.74 bits per heavy atom. The van der Waals surface area contributed by atoms with E-state index in [1.54, 1.807) is 48.1 Å². The Kier molecular flexibility index (Phi) is 6.44. The summed E-state index contributed by atoms with van der Waals surface area (Å²) in [4.78, 5) is 18.3. The van der Waals surface area contributed by atoms with Crippen LogP contribution >= 0.6 is 0 Å². The van der Waals surface area contributed by atoms with Gasteiger partial charge in [-0.3, -0.25) is 9.36 Å². The van der Waals surface area contributed by atoms with E-state index >= 15 is 0 Å². The van der Waals surface area contributed by atoms with Gasteiger partial charge in [0.1, 0.15) is 18.1 Å². The first-order valence-corrected chi connectivity index (χ1v) is 12.6. The lowest BCUT2D eigenvalue weighted by Crippen LogP contribution is -2.29. The molecule has 11 nitrogen and oxygen atoms in total. The van der Waals surface area contributed by atoms with E-state index in [9.17, 15) is 8.78 Å². The summed E-state index contributed by atoms with van der Waals surface area (Å²) in [7, 11) is 1.82. The van der Waals surface area contributed by atoms with Crippen molar-refractivity contribution < 1.29 is 8.78 Å². The zero-order valence-electron chi connectivity index (χ0n) is 21.1. The molecule has 1 N–H and O–H groups in total. The molecule has 0 spiro atoms. The highest BCUT2D eigenvalue weighted by atomic mass is 19.3. The highest BCUT2D eigenvalue weighted by Crippen LogP contribution is 2.34. The Hall–Kier alpha value is -4.73. The van der Waals surface area contributed by atoms with Crippen molar-refractivity contribution >= 4 is 17.1 Å². The van der Waals surface area contributed by atoms with Crippen molar-refractivity contribution in [3.8, 4) is 28.5 Å². The zero-order valence-corrected chi connectivity index (χ0v) is 21.1. The molecule has 0 aromatic carbocycles. The van der Waals surface area contributed by atoms with E-state index in [0.717, 1.165) is 42.5 Å². The van der Waals surface area contributed by atoms with E-state index in [1.807, 2.05) is 13.2 Å². The van der Waals surface area contributed by atoms with Crippen molar-refractivity contribution in [2.24, 2.45) is 7.05 Å². The van der Waals surface area contributed by atoms with Gasteiger partial charge in [-0.15, -0.1) is 0 Å². The molecular formula is C26H25F2N11. The summed E-state index contributed by atoms with van der Waals surface area (Å²) in [5.74, 6) is 0.456. The van der Waals surface area contributed by atoms with Gasteiger partial charge < -0.3 is 9.88 Å². The molecule has 1 saturated carbocycles. The summed E-state index contributed by atoms with van der Waals surface area (Å²) in [6, 6.07) is 4.15. The minimum Gasteiger partial charge on any atom is -0.351 e. The average molecular weight is 530 g/mol. The van der Waals surface area contributed by atoms with Crippen LogP contribution in [0.4, 0.5) is 14.7 Å². The number of nitrogens with zero attached hydrogens (tertiary/aromatic N) is 10. The van der Waals surface area contributed by atoms with Crippen LogP contribution < -0.4 is 5.32 Å². The molecular weight excluding hydrogens is 504 g/mol. The lowest BCUT2D eigenvalue weighted by Gasteiger charge is -2.30. The molecule has 0 radical (unpaired) electrons. The zero-order chi connectivity index (χ0) is 26.9. The number of anilines is 1. The number of nitriles is 1. The van der Waals surface area contributed by atoms with Gasteiger partial charge in [0.05, 0.1) is 30.0 Å². The number of pyridine rings is 1.